The minimum Gasteiger partial charge on any atom is -0.396 e. The molecule has 0 spiro atoms. The van der Waals surface area contributed by atoms with E-state index >= 15 is 0 Å². The summed E-state index contributed by atoms with van der Waals surface area (Å²) >= 11 is 0. The highest BCUT2D eigenvalue weighted by molar-refractivity contribution is 7.89. The molecule has 1 aliphatic rings. The van der Waals surface area contributed by atoms with E-state index in [-0.39, 0.29) is 29.6 Å². The Kier molecular flexibility index (Phi) is 4.07. The largest absolute Gasteiger partial charge is 0.396 e. The zero-order valence-corrected chi connectivity index (χ0v) is 11.8. The molecule has 0 unspecified atom stereocenters. The van der Waals surface area contributed by atoms with Crippen LogP contribution in [0.4, 0.5) is 0 Å². The molecule has 1 aliphatic carbocycles. The Hall–Kier alpha value is -1.18. The molecule has 0 saturated carbocycles. The maximum absolute atomic E-state index is 12.1. The number of aromatic nitrogens is 2. The zero-order chi connectivity index (χ0) is 14.0. The zero-order valence-electron chi connectivity index (χ0n) is 11.0. The highest BCUT2D eigenvalue weighted by Crippen LogP contribution is 2.19. The number of nitrogens with zero attached hydrogens (tertiary/aromatic N) is 2. The lowest BCUT2D eigenvalue weighted by Crippen LogP contribution is -2.33. The standard InChI is InChI=1S/C12H19N3O3S/c1-9(2)15-6-12(13-8-15)19(17,18)14-11-4-3-10(5-11)7-16/h3-4,6,8-11,14,16H,5,7H2,1-2H3/t10-,11+/m0/s1. The first-order valence-electron chi connectivity index (χ1n) is 6.27. The average Bonchev–Trinajstić information content (AvgIpc) is 2.95. The first-order chi connectivity index (χ1) is 8.92. The molecule has 0 radical (unpaired) electrons. The van der Waals surface area contributed by atoms with Crippen molar-refractivity contribution in [3.05, 3.63) is 24.7 Å². The summed E-state index contributed by atoms with van der Waals surface area (Å²) in [7, 11) is -3.60. The van der Waals surface area contributed by atoms with Gasteiger partial charge in [-0.2, -0.15) is 0 Å². The topological polar surface area (TPSA) is 84.2 Å². The van der Waals surface area contributed by atoms with Crippen molar-refractivity contribution >= 4 is 10.0 Å². The van der Waals surface area contributed by atoms with Crippen molar-refractivity contribution in [2.45, 2.75) is 37.4 Å². The maximum atomic E-state index is 12.1. The van der Waals surface area contributed by atoms with Crippen molar-refractivity contribution in [1.82, 2.24) is 14.3 Å². The third-order valence-corrected chi connectivity index (χ3v) is 4.54. The minimum absolute atomic E-state index is 0.0286. The molecule has 19 heavy (non-hydrogen) atoms. The molecule has 1 heterocycles. The van der Waals surface area contributed by atoms with Crippen LogP contribution >= 0.6 is 0 Å². The summed E-state index contributed by atoms with van der Waals surface area (Å²) in [4.78, 5) is 3.93. The molecule has 0 aromatic carbocycles. The molecule has 0 aliphatic heterocycles. The van der Waals surface area contributed by atoms with Gasteiger partial charge in [0.15, 0.2) is 5.03 Å². The lowest BCUT2D eigenvalue weighted by atomic mass is 10.1. The number of aliphatic hydroxyl groups is 1. The van der Waals surface area contributed by atoms with E-state index < -0.39 is 10.0 Å². The average molecular weight is 285 g/mol. The van der Waals surface area contributed by atoms with E-state index in [1.54, 1.807) is 10.6 Å². The number of sulfonamides is 1. The maximum Gasteiger partial charge on any atom is 0.260 e. The number of imidazole rings is 1. The van der Waals surface area contributed by atoms with Crippen LogP contribution in [0.2, 0.25) is 0 Å². The molecule has 0 bridgehead atoms. The van der Waals surface area contributed by atoms with Crippen molar-refractivity contribution < 1.29 is 13.5 Å². The quantitative estimate of drug-likeness (QED) is 0.779. The highest BCUT2D eigenvalue weighted by atomic mass is 32.2. The van der Waals surface area contributed by atoms with Crippen LogP contribution in [0.1, 0.15) is 26.3 Å². The van der Waals surface area contributed by atoms with Crippen LogP contribution in [0.5, 0.6) is 0 Å². The Balaban J connectivity index is 2.08. The van der Waals surface area contributed by atoms with E-state index in [0.29, 0.717) is 6.42 Å². The third kappa shape index (κ3) is 3.23. The highest BCUT2D eigenvalue weighted by Gasteiger charge is 2.25. The number of hydrogen-bond donors (Lipinski definition) is 2. The summed E-state index contributed by atoms with van der Waals surface area (Å²) in [6, 6.07) is -0.104. The monoisotopic (exact) mass is 285 g/mol. The second-order valence-corrected chi connectivity index (χ2v) is 6.70. The molecule has 2 rings (SSSR count). The minimum atomic E-state index is -3.60. The van der Waals surface area contributed by atoms with Gasteiger partial charge in [-0.15, -0.1) is 0 Å². The van der Waals surface area contributed by atoms with E-state index in [0.717, 1.165) is 0 Å². The normalized spacial score (nSPS) is 23.4. The number of aliphatic hydroxyl groups excluding tert-OH is 1. The van der Waals surface area contributed by atoms with Gasteiger partial charge in [-0.1, -0.05) is 12.2 Å². The second-order valence-electron chi connectivity index (χ2n) is 5.04. The fraction of sp³-hybridized carbons (Fsp3) is 0.583. The van der Waals surface area contributed by atoms with Crippen LogP contribution in [-0.4, -0.2) is 35.7 Å². The predicted molar refractivity (Wildman–Crippen MR) is 71.1 cm³/mol. The van der Waals surface area contributed by atoms with Crippen LogP contribution in [0.3, 0.4) is 0 Å². The summed E-state index contributed by atoms with van der Waals surface area (Å²) in [6.07, 6.45) is 7.23. The van der Waals surface area contributed by atoms with Crippen molar-refractivity contribution in [2.24, 2.45) is 5.92 Å². The lowest BCUT2D eigenvalue weighted by molar-refractivity contribution is 0.248. The van der Waals surface area contributed by atoms with Crippen LogP contribution in [0, 0.1) is 5.92 Å². The van der Waals surface area contributed by atoms with Crippen molar-refractivity contribution in [1.29, 1.82) is 0 Å². The molecule has 2 N–H and O–H groups in total. The predicted octanol–water partition coefficient (Wildman–Crippen LogP) is 0.679. The van der Waals surface area contributed by atoms with E-state index in [4.69, 9.17) is 5.11 Å². The Morgan fingerprint density at radius 3 is 2.79 bits per heavy atom. The van der Waals surface area contributed by atoms with Gasteiger partial charge in [0.05, 0.1) is 6.33 Å². The van der Waals surface area contributed by atoms with Gasteiger partial charge in [-0.3, -0.25) is 0 Å². The number of hydrogen-bond acceptors (Lipinski definition) is 4. The Morgan fingerprint density at radius 2 is 2.26 bits per heavy atom. The van der Waals surface area contributed by atoms with Gasteiger partial charge in [-0.05, 0) is 20.3 Å². The Bertz CT molecular complexity index is 563. The van der Waals surface area contributed by atoms with E-state index in [1.165, 1.54) is 12.5 Å². The molecule has 1 aromatic heterocycles. The first kappa shape index (κ1) is 14.2. The van der Waals surface area contributed by atoms with Crippen LogP contribution in [0.25, 0.3) is 0 Å². The molecular formula is C12H19N3O3S. The molecule has 0 fully saturated rings. The van der Waals surface area contributed by atoms with Crippen molar-refractivity contribution in [3.8, 4) is 0 Å². The summed E-state index contributed by atoms with van der Waals surface area (Å²) in [6.45, 7) is 3.95. The van der Waals surface area contributed by atoms with E-state index in [9.17, 15) is 8.42 Å². The van der Waals surface area contributed by atoms with Gasteiger partial charge in [0.1, 0.15) is 0 Å². The van der Waals surface area contributed by atoms with Gasteiger partial charge in [0.25, 0.3) is 10.0 Å². The van der Waals surface area contributed by atoms with Crippen molar-refractivity contribution in [2.75, 3.05) is 6.61 Å². The molecule has 7 heteroatoms. The second kappa shape index (κ2) is 5.44. The fourth-order valence-electron chi connectivity index (χ4n) is 2.00. The lowest BCUT2D eigenvalue weighted by Gasteiger charge is -2.11. The van der Waals surface area contributed by atoms with Gasteiger partial charge in [0, 0.05) is 30.8 Å². The number of rotatable bonds is 5. The Morgan fingerprint density at radius 1 is 1.53 bits per heavy atom. The summed E-state index contributed by atoms with van der Waals surface area (Å²) in [5.41, 5.74) is 0. The first-order valence-corrected chi connectivity index (χ1v) is 7.75. The fourth-order valence-corrected chi connectivity index (χ4v) is 3.14. The van der Waals surface area contributed by atoms with Gasteiger partial charge < -0.3 is 9.67 Å². The van der Waals surface area contributed by atoms with Crippen LogP contribution in [-0.2, 0) is 10.0 Å². The van der Waals surface area contributed by atoms with Crippen molar-refractivity contribution in [3.63, 3.8) is 0 Å². The van der Waals surface area contributed by atoms with Crippen LogP contribution in [0.15, 0.2) is 29.7 Å². The molecule has 106 valence electrons. The summed E-state index contributed by atoms with van der Waals surface area (Å²) in [5.74, 6) is 0.0286. The van der Waals surface area contributed by atoms with Crippen LogP contribution < -0.4 is 4.72 Å². The molecule has 0 amide bonds. The molecule has 0 saturated heterocycles. The van der Waals surface area contributed by atoms with E-state index in [1.807, 2.05) is 19.9 Å². The van der Waals surface area contributed by atoms with Gasteiger partial charge in [-0.25, -0.2) is 18.1 Å². The van der Waals surface area contributed by atoms with E-state index in [2.05, 4.69) is 9.71 Å². The molecule has 1 aromatic rings. The molecular weight excluding hydrogens is 266 g/mol. The Labute approximate surface area is 113 Å². The SMILES string of the molecule is CC(C)n1cnc(S(=O)(=O)N[C@@H]2C=C[C@H](CO)C2)c1. The summed E-state index contributed by atoms with van der Waals surface area (Å²) < 4.78 is 28.6. The smallest absolute Gasteiger partial charge is 0.260 e. The summed E-state index contributed by atoms with van der Waals surface area (Å²) in [5, 5.41) is 9.05. The third-order valence-electron chi connectivity index (χ3n) is 3.16. The van der Waals surface area contributed by atoms with Gasteiger partial charge >= 0.3 is 0 Å². The molecule has 6 nitrogen and oxygen atoms in total. The molecule has 2 atom stereocenters. The number of nitrogens with one attached hydrogen (secondary N) is 1. The van der Waals surface area contributed by atoms with Gasteiger partial charge in [0.2, 0.25) is 0 Å².